The quantitative estimate of drug-likeness (QED) is 0.461. The lowest BCUT2D eigenvalue weighted by Gasteiger charge is -2.07. The number of anilines is 1. The largest absolute Gasteiger partial charge is 0.452 e. The number of amides is 1. The molecule has 1 amide bonds. The molecule has 0 saturated carbocycles. The molecule has 8 heteroatoms. The van der Waals surface area contributed by atoms with Crippen molar-refractivity contribution in [3.63, 3.8) is 0 Å². The van der Waals surface area contributed by atoms with Crippen LogP contribution in [-0.2, 0) is 9.53 Å². The number of ether oxygens (including phenoxy) is 1. The number of thioether (sulfide) groups is 1. The topological polar surface area (TPSA) is 72.5 Å². The van der Waals surface area contributed by atoms with Crippen molar-refractivity contribution in [1.82, 2.24) is 0 Å². The first-order chi connectivity index (χ1) is 12.0. The monoisotopic (exact) mass is 365 g/mol. The van der Waals surface area contributed by atoms with Crippen LogP contribution in [-0.4, -0.2) is 30.5 Å². The molecule has 0 fully saturated rings. The lowest BCUT2D eigenvalue weighted by atomic mass is 10.1. The average Bonchev–Trinajstić information content (AvgIpc) is 2.61. The highest BCUT2D eigenvalue weighted by Crippen LogP contribution is 2.26. The van der Waals surface area contributed by atoms with Gasteiger partial charge < -0.3 is 10.1 Å². The molecule has 25 heavy (non-hydrogen) atoms. The number of aldehydes is 1. The summed E-state index contributed by atoms with van der Waals surface area (Å²) in [5.41, 5.74) is 1.03. The summed E-state index contributed by atoms with van der Waals surface area (Å²) in [4.78, 5) is 34.5. The highest BCUT2D eigenvalue weighted by molar-refractivity contribution is 7.99. The number of hydrogen-bond donors (Lipinski definition) is 1. The van der Waals surface area contributed by atoms with Gasteiger partial charge in [0.25, 0.3) is 11.7 Å². The number of esters is 1. The normalized spacial score (nSPS) is 10.4. The van der Waals surface area contributed by atoms with Crippen molar-refractivity contribution in [2.75, 3.05) is 11.9 Å². The SMILES string of the molecule is O=Cc1ccc(C(=O)OCC(=O)Nc2ccc(SC(F)F)cc2)cc1. The number of alkyl halides is 2. The van der Waals surface area contributed by atoms with Gasteiger partial charge in [0.2, 0.25) is 0 Å². The second-order valence-corrected chi connectivity index (χ2v) is 5.83. The molecule has 0 aliphatic rings. The molecule has 130 valence electrons. The third-order valence-electron chi connectivity index (χ3n) is 2.98. The maximum absolute atomic E-state index is 12.2. The van der Waals surface area contributed by atoms with Gasteiger partial charge >= 0.3 is 5.97 Å². The Kier molecular flexibility index (Phi) is 6.64. The molecule has 0 unspecified atom stereocenters. The highest BCUT2D eigenvalue weighted by Gasteiger charge is 2.11. The van der Waals surface area contributed by atoms with Gasteiger partial charge in [-0.1, -0.05) is 23.9 Å². The molecule has 0 saturated heterocycles. The predicted molar refractivity (Wildman–Crippen MR) is 89.0 cm³/mol. The zero-order valence-electron chi connectivity index (χ0n) is 12.8. The van der Waals surface area contributed by atoms with Crippen LogP contribution in [0, 0.1) is 0 Å². The summed E-state index contributed by atoms with van der Waals surface area (Å²) in [6.07, 6.45) is 0.646. The zero-order chi connectivity index (χ0) is 18.2. The van der Waals surface area contributed by atoms with Crippen LogP contribution in [0.2, 0.25) is 0 Å². The Hall–Kier alpha value is -2.74. The standard InChI is InChI=1S/C17H13F2NO4S/c18-17(19)25-14-7-5-13(6-8-14)20-15(22)10-24-16(23)12-3-1-11(9-21)2-4-12/h1-9,17H,10H2,(H,20,22). The van der Waals surface area contributed by atoms with Crippen molar-refractivity contribution >= 4 is 35.6 Å². The van der Waals surface area contributed by atoms with E-state index >= 15 is 0 Å². The van der Waals surface area contributed by atoms with Crippen molar-refractivity contribution in [1.29, 1.82) is 0 Å². The van der Waals surface area contributed by atoms with Gasteiger partial charge in [-0.15, -0.1) is 0 Å². The number of carbonyl (C=O) groups excluding carboxylic acids is 3. The smallest absolute Gasteiger partial charge is 0.338 e. The van der Waals surface area contributed by atoms with Crippen molar-refractivity contribution in [3.8, 4) is 0 Å². The summed E-state index contributed by atoms with van der Waals surface area (Å²) < 4.78 is 29.3. The fourth-order valence-corrected chi connectivity index (χ4v) is 2.33. The van der Waals surface area contributed by atoms with E-state index in [1.807, 2.05) is 0 Å². The van der Waals surface area contributed by atoms with Crippen LogP contribution >= 0.6 is 11.8 Å². The second-order valence-electron chi connectivity index (χ2n) is 4.77. The second kappa shape index (κ2) is 8.93. The van der Waals surface area contributed by atoms with Crippen LogP contribution < -0.4 is 5.32 Å². The molecular weight excluding hydrogens is 352 g/mol. The molecule has 2 rings (SSSR count). The van der Waals surface area contributed by atoms with Gasteiger partial charge in [0.05, 0.1) is 5.56 Å². The Morgan fingerprint density at radius 1 is 1.08 bits per heavy atom. The number of halogens is 2. The summed E-state index contributed by atoms with van der Waals surface area (Å²) >= 11 is 0.403. The molecule has 1 N–H and O–H groups in total. The van der Waals surface area contributed by atoms with Gasteiger partial charge in [0.15, 0.2) is 6.61 Å². The minimum atomic E-state index is -2.51. The summed E-state index contributed by atoms with van der Waals surface area (Å²) in [6, 6.07) is 11.6. The predicted octanol–water partition coefficient (Wildman–Crippen LogP) is 3.61. The van der Waals surface area contributed by atoms with Gasteiger partial charge in [-0.2, -0.15) is 8.78 Å². The molecule has 5 nitrogen and oxygen atoms in total. The minimum absolute atomic E-state index is 0.215. The zero-order valence-corrected chi connectivity index (χ0v) is 13.6. The van der Waals surface area contributed by atoms with Gasteiger partial charge in [-0.25, -0.2) is 4.79 Å². The Bertz CT molecular complexity index is 748. The molecule has 0 spiro atoms. The van der Waals surface area contributed by atoms with Crippen LogP contribution in [0.4, 0.5) is 14.5 Å². The van der Waals surface area contributed by atoms with Crippen molar-refractivity contribution < 1.29 is 27.9 Å². The number of hydrogen-bond acceptors (Lipinski definition) is 5. The third-order valence-corrected chi connectivity index (χ3v) is 3.70. The van der Waals surface area contributed by atoms with Gasteiger partial charge in [-0.05, 0) is 36.4 Å². The first kappa shape index (κ1) is 18.6. The Balaban J connectivity index is 1.83. The van der Waals surface area contributed by atoms with E-state index in [0.29, 0.717) is 34.2 Å². The fraction of sp³-hybridized carbons (Fsp3) is 0.118. The van der Waals surface area contributed by atoms with E-state index in [-0.39, 0.29) is 5.56 Å². The number of rotatable bonds is 7. The Labute approximate surface area is 146 Å². The minimum Gasteiger partial charge on any atom is -0.452 e. The number of nitrogens with one attached hydrogen (secondary N) is 1. The molecule has 0 bridgehead atoms. The van der Waals surface area contributed by atoms with E-state index in [0.717, 1.165) is 0 Å². The molecule has 0 aliphatic carbocycles. The number of benzene rings is 2. The summed E-state index contributed by atoms with van der Waals surface area (Å²) in [5, 5.41) is 2.49. The average molecular weight is 365 g/mol. The molecule has 0 radical (unpaired) electrons. The lowest BCUT2D eigenvalue weighted by Crippen LogP contribution is -2.20. The van der Waals surface area contributed by atoms with Crippen LogP contribution in [0.25, 0.3) is 0 Å². The van der Waals surface area contributed by atoms with Crippen LogP contribution in [0.5, 0.6) is 0 Å². The van der Waals surface area contributed by atoms with E-state index in [4.69, 9.17) is 4.74 Å². The fourth-order valence-electron chi connectivity index (χ4n) is 1.83. The molecular formula is C17H13F2NO4S. The van der Waals surface area contributed by atoms with Gasteiger partial charge in [0.1, 0.15) is 6.29 Å². The maximum Gasteiger partial charge on any atom is 0.338 e. The van der Waals surface area contributed by atoms with E-state index in [1.54, 1.807) is 0 Å². The molecule has 0 heterocycles. The Morgan fingerprint density at radius 2 is 1.72 bits per heavy atom. The number of carbonyl (C=O) groups is 3. The molecule has 2 aromatic rings. The summed E-state index contributed by atoms with van der Waals surface area (Å²) in [6.45, 7) is -0.498. The highest BCUT2D eigenvalue weighted by atomic mass is 32.2. The van der Waals surface area contributed by atoms with Crippen LogP contribution in [0.15, 0.2) is 53.4 Å². The van der Waals surface area contributed by atoms with Crippen molar-refractivity contribution in [3.05, 3.63) is 59.7 Å². The molecule has 2 aromatic carbocycles. The van der Waals surface area contributed by atoms with E-state index in [9.17, 15) is 23.2 Å². The third kappa shape index (κ3) is 6.00. The Morgan fingerprint density at radius 3 is 2.28 bits per heavy atom. The lowest BCUT2D eigenvalue weighted by molar-refractivity contribution is -0.119. The molecule has 0 aromatic heterocycles. The molecule has 0 atom stereocenters. The first-order valence-corrected chi connectivity index (χ1v) is 7.93. The first-order valence-electron chi connectivity index (χ1n) is 7.05. The molecule has 0 aliphatic heterocycles. The van der Waals surface area contributed by atoms with Crippen molar-refractivity contribution in [2.24, 2.45) is 0 Å². The van der Waals surface area contributed by atoms with E-state index in [2.05, 4.69) is 5.32 Å². The van der Waals surface area contributed by atoms with E-state index < -0.39 is 24.2 Å². The van der Waals surface area contributed by atoms with Gasteiger partial charge in [0, 0.05) is 16.1 Å². The van der Waals surface area contributed by atoms with Crippen LogP contribution in [0.3, 0.4) is 0 Å². The summed E-state index contributed by atoms with van der Waals surface area (Å²) in [5.74, 6) is -3.77. The van der Waals surface area contributed by atoms with E-state index in [1.165, 1.54) is 48.5 Å². The van der Waals surface area contributed by atoms with Gasteiger partial charge in [-0.3, -0.25) is 9.59 Å². The van der Waals surface area contributed by atoms with Crippen LogP contribution in [0.1, 0.15) is 20.7 Å². The summed E-state index contributed by atoms with van der Waals surface area (Å²) in [7, 11) is 0. The maximum atomic E-state index is 12.2. The van der Waals surface area contributed by atoms with Crippen molar-refractivity contribution in [2.45, 2.75) is 10.7 Å².